The van der Waals surface area contributed by atoms with Crippen molar-refractivity contribution in [1.82, 2.24) is 10.2 Å². The second-order valence-corrected chi connectivity index (χ2v) is 8.52. The molecule has 2 fully saturated rings. The van der Waals surface area contributed by atoms with E-state index in [9.17, 15) is 14.4 Å². The summed E-state index contributed by atoms with van der Waals surface area (Å²) in [6, 6.07) is 7.68. The van der Waals surface area contributed by atoms with E-state index in [1.54, 1.807) is 4.90 Å². The van der Waals surface area contributed by atoms with E-state index in [4.69, 9.17) is 9.47 Å². The number of piperazine rings is 1. The smallest absolute Gasteiger partial charge is 0.410 e. The first-order valence-electron chi connectivity index (χ1n) is 9.97. The number of hydrogen-bond donors (Lipinski definition) is 1. The Morgan fingerprint density at radius 1 is 1.14 bits per heavy atom. The summed E-state index contributed by atoms with van der Waals surface area (Å²) in [7, 11) is 0. The molecule has 1 unspecified atom stereocenters. The van der Waals surface area contributed by atoms with Gasteiger partial charge >= 0.3 is 6.09 Å². The highest BCUT2D eigenvalue weighted by Crippen LogP contribution is 2.25. The van der Waals surface area contributed by atoms with E-state index < -0.39 is 17.6 Å². The van der Waals surface area contributed by atoms with Gasteiger partial charge in [-0.3, -0.25) is 14.9 Å². The third-order valence-corrected chi connectivity index (χ3v) is 4.91. The summed E-state index contributed by atoms with van der Waals surface area (Å²) in [4.78, 5) is 39.3. The molecular formula is C21H29N3O5. The summed E-state index contributed by atoms with van der Waals surface area (Å²) in [5.74, 6) is -0.0646. The summed E-state index contributed by atoms with van der Waals surface area (Å²) >= 11 is 0. The van der Waals surface area contributed by atoms with Crippen LogP contribution >= 0.6 is 0 Å². The average molecular weight is 403 g/mol. The van der Waals surface area contributed by atoms with Gasteiger partial charge in [-0.25, -0.2) is 4.79 Å². The van der Waals surface area contributed by atoms with E-state index in [1.165, 1.54) is 0 Å². The fourth-order valence-corrected chi connectivity index (χ4v) is 3.50. The third kappa shape index (κ3) is 5.40. The zero-order valence-corrected chi connectivity index (χ0v) is 17.4. The molecule has 8 heteroatoms. The second-order valence-electron chi connectivity index (χ2n) is 8.52. The van der Waals surface area contributed by atoms with Gasteiger partial charge in [0.15, 0.2) is 6.10 Å². The predicted octanol–water partition coefficient (Wildman–Crippen LogP) is 2.32. The second kappa shape index (κ2) is 8.31. The van der Waals surface area contributed by atoms with Crippen molar-refractivity contribution in [3.8, 4) is 5.75 Å². The van der Waals surface area contributed by atoms with Gasteiger partial charge in [-0.1, -0.05) is 0 Å². The lowest BCUT2D eigenvalue weighted by Gasteiger charge is -2.41. The lowest BCUT2D eigenvalue weighted by molar-refractivity contribution is -0.138. The van der Waals surface area contributed by atoms with Gasteiger partial charge < -0.3 is 19.3 Å². The minimum absolute atomic E-state index is 0.137. The van der Waals surface area contributed by atoms with Crippen LogP contribution in [0.15, 0.2) is 24.3 Å². The maximum Gasteiger partial charge on any atom is 0.410 e. The molecule has 0 spiro atoms. The number of imide groups is 1. The molecule has 0 aliphatic carbocycles. The Morgan fingerprint density at radius 3 is 2.41 bits per heavy atom. The van der Waals surface area contributed by atoms with Gasteiger partial charge in [0.2, 0.25) is 5.91 Å². The van der Waals surface area contributed by atoms with Crippen LogP contribution in [0.2, 0.25) is 0 Å². The summed E-state index contributed by atoms with van der Waals surface area (Å²) in [6.45, 7) is 9.55. The lowest BCUT2D eigenvalue weighted by atomic mass is 10.1. The number of anilines is 1. The minimum atomic E-state index is -0.644. The van der Waals surface area contributed by atoms with Crippen LogP contribution in [-0.2, 0) is 14.3 Å². The SMILES string of the molecule is C[C@@H]1CN(C(=O)OC(C)(C)C)CCN1c1ccc(OC2CCC(=O)NC2=O)cc1. The Bertz CT molecular complexity index is 772. The van der Waals surface area contributed by atoms with Crippen molar-refractivity contribution < 1.29 is 23.9 Å². The van der Waals surface area contributed by atoms with E-state index >= 15 is 0 Å². The molecule has 0 saturated carbocycles. The quantitative estimate of drug-likeness (QED) is 0.780. The summed E-state index contributed by atoms with van der Waals surface area (Å²) in [5.41, 5.74) is 0.521. The van der Waals surface area contributed by atoms with Gasteiger partial charge in [0.1, 0.15) is 11.4 Å². The molecule has 8 nitrogen and oxygen atoms in total. The Kier molecular flexibility index (Phi) is 6.00. The standard InChI is InChI=1S/C21H29N3O5/c1-14-13-23(20(27)29-21(2,3)4)11-12-24(14)15-5-7-16(8-6-15)28-17-9-10-18(25)22-19(17)26/h5-8,14,17H,9-13H2,1-4H3,(H,22,25,26)/t14-,17?/m1/s1. The number of carbonyl (C=O) groups is 3. The van der Waals surface area contributed by atoms with E-state index in [0.717, 1.165) is 5.69 Å². The Hall–Kier alpha value is -2.77. The third-order valence-electron chi connectivity index (χ3n) is 4.91. The molecule has 1 aromatic rings. The van der Waals surface area contributed by atoms with Crippen molar-refractivity contribution in [1.29, 1.82) is 0 Å². The number of nitrogens with one attached hydrogen (secondary N) is 1. The first-order valence-corrected chi connectivity index (χ1v) is 9.97. The summed E-state index contributed by atoms with van der Waals surface area (Å²) < 4.78 is 11.2. The molecule has 3 rings (SSSR count). The van der Waals surface area contributed by atoms with Gasteiger partial charge in [0.05, 0.1) is 0 Å². The van der Waals surface area contributed by atoms with Crippen LogP contribution in [0.5, 0.6) is 5.75 Å². The number of ether oxygens (including phenoxy) is 2. The molecule has 2 saturated heterocycles. The monoisotopic (exact) mass is 403 g/mol. The molecule has 2 heterocycles. The largest absolute Gasteiger partial charge is 0.481 e. The van der Waals surface area contributed by atoms with Crippen molar-refractivity contribution >= 4 is 23.6 Å². The molecule has 2 aliphatic rings. The highest BCUT2D eigenvalue weighted by molar-refractivity contribution is 5.99. The van der Waals surface area contributed by atoms with Crippen LogP contribution in [0.4, 0.5) is 10.5 Å². The van der Waals surface area contributed by atoms with Crippen LogP contribution in [0.25, 0.3) is 0 Å². The lowest BCUT2D eigenvalue weighted by Crippen LogP contribution is -2.54. The van der Waals surface area contributed by atoms with Crippen molar-refractivity contribution in [3.63, 3.8) is 0 Å². The fourth-order valence-electron chi connectivity index (χ4n) is 3.50. The number of piperidine rings is 1. The molecule has 1 N–H and O–H groups in total. The van der Waals surface area contributed by atoms with Crippen LogP contribution in [0, 0.1) is 0 Å². The highest BCUT2D eigenvalue weighted by Gasteiger charge is 2.30. The maximum absolute atomic E-state index is 12.3. The summed E-state index contributed by atoms with van der Waals surface area (Å²) in [5, 5.41) is 2.29. The number of benzene rings is 1. The molecule has 0 bridgehead atoms. The first-order chi connectivity index (χ1) is 13.6. The topological polar surface area (TPSA) is 88.2 Å². The Morgan fingerprint density at radius 2 is 1.83 bits per heavy atom. The van der Waals surface area contributed by atoms with Crippen LogP contribution < -0.4 is 15.0 Å². The van der Waals surface area contributed by atoms with Gasteiger partial charge in [-0.15, -0.1) is 0 Å². The number of carbonyl (C=O) groups excluding carboxylic acids is 3. The minimum Gasteiger partial charge on any atom is -0.481 e. The molecule has 29 heavy (non-hydrogen) atoms. The highest BCUT2D eigenvalue weighted by atomic mass is 16.6. The number of nitrogens with zero attached hydrogens (tertiary/aromatic N) is 2. The van der Waals surface area contributed by atoms with Gasteiger partial charge in [0, 0.05) is 44.2 Å². The number of rotatable bonds is 3. The van der Waals surface area contributed by atoms with Crippen LogP contribution in [0.1, 0.15) is 40.5 Å². The zero-order valence-electron chi connectivity index (χ0n) is 17.4. The molecule has 0 radical (unpaired) electrons. The van der Waals surface area contributed by atoms with E-state index in [-0.39, 0.29) is 24.5 Å². The van der Waals surface area contributed by atoms with Gasteiger partial charge in [-0.2, -0.15) is 0 Å². The number of amides is 3. The normalized spacial score (nSPS) is 22.9. The van der Waals surface area contributed by atoms with Crippen LogP contribution in [0.3, 0.4) is 0 Å². The maximum atomic E-state index is 12.3. The van der Waals surface area contributed by atoms with E-state index in [2.05, 4.69) is 17.1 Å². The van der Waals surface area contributed by atoms with Crippen molar-refractivity contribution in [3.05, 3.63) is 24.3 Å². The molecule has 3 amide bonds. The summed E-state index contributed by atoms with van der Waals surface area (Å²) in [6.07, 6.45) is -0.254. The van der Waals surface area contributed by atoms with Gasteiger partial charge in [0.25, 0.3) is 5.91 Å². The Balaban J connectivity index is 1.57. The zero-order chi connectivity index (χ0) is 21.2. The molecule has 2 aliphatic heterocycles. The number of hydrogen-bond acceptors (Lipinski definition) is 6. The van der Waals surface area contributed by atoms with Crippen LogP contribution in [-0.4, -0.2) is 60.2 Å². The molecule has 2 atom stereocenters. The molecular weight excluding hydrogens is 374 g/mol. The van der Waals surface area contributed by atoms with E-state index in [0.29, 0.717) is 31.8 Å². The van der Waals surface area contributed by atoms with Crippen molar-refractivity contribution in [2.75, 3.05) is 24.5 Å². The molecule has 0 aromatic heterocycles. The Labute approximate surface area is 171 Å². The van der Waals surface area contributed by atoms with Gasteiger partial charge in [-0.05, 0) is 52.0 Å². The average Bonchev–Trinajstić information content (AvgIpc) is 2.63. The fraction of sp³-hybridized carbons (Fsp3) is 0.571. The molecule has 1 aromatic carbocycles. The first kappa shape index (κ1) is 21.0. The van der Waals surface area contributed by atoms with E-state index in [1.807, 2.05) is 45.0 Å². The molecule has 158 valence electrons. The predicted molar refractivity (Wildman–Crippen MR) is 108 cm³/mol. The van der Waals surface area contributed by atoms with Crippen molar-refractivity contribution in [2.45, 2.75) is 58.3 Å². The van der Waals surface area contributed by atoms with Crippen molar-refractivity contribution in [2.24, 2.45) is 0 Å².